The number of carboxylic acid groups (broad SMARTS) is 1. The van der Waals surface area contributed by atoms with E-state index in [1.807, 2.05) is 13.0 Å². The SMILES string of the molecule is CC1(OCC(=O)O)CN(CCCc2ccccc2)C1. The van der Waals surface area contributed by atoms with Gasteiger partial charge >= 0.3 is 5.97 Å². The van der Waals surface area contributed by atoms with Gasteiger partial charge in [-0.1, -0.05) is 30.3 Å². The summed E-state index contributed by atoms with van der Waals surface area (Å²) < 4.78 is 5.38. The molecule has 0 unspecified atom stereocenters. The highest BCUT2D eigenvalue weighted by molar-refractivity contribution is 5.68. The minimum atomic E-state index is -0.899. The normalized spacial score (nSPS) is 17.9. The largest absolute Gasteiger partial charge is 0.480 e. The van der Waals surface area contributed by atoms with Crippen LogP contribution in [0.4, 0.5) is 0 Å². The minimum Gasteiger partial charge on any atom is -0.480 e. The molecule has 4 nitrogen and oxygen atoms in total. The highest BCUT2D eigenvalue weighted by Gasteiger charge is 2.39. The van der Waals surface area contributed by atoms with E-state index in [1.165, 1.54) is 5.56 Å². The Morgan fingerprint density at radius 1 is 1.37 bits per heavy atom. The molecule has 0 saturated carbocycles. The van der Waals surface area contributed by atoms with Gasteiger partial charge in [0.15, 0.2) is 0 Å². The molecule has 2 rings (SSSR count). The van der Waals surface area contributed by atoms with Gasteiger partial charge in [0.2, 0.25) is 0 Å². The Bertz CT molecular complexity index is 413. The van der Waals surface area contributed by atoms with Gasteiger partial charge in [-0.2, -0.15) is 0 Å². The van der Waals surface area contributed by atoms with Crippen molar-refractivity contribution in [1.29, 1.82) is 0 Å². The van der Waals surface area contributed by atoms with Gasteiger partial charge in [-0.25, -0.2) is 4.79 Å². The Morgan fingerprint density at radius 3 is 2.68 bits per heavy atom. The lowest BCUT2D eigenvalue weighted by molar-refractivity contribution is -0.164. The lowest BCUT2D eigenvalue weighted by atomic mass is 9.96. The van der Waals surface area contributed by atoms with Gasteiger partial charge in [0, 0.05) is 13.1 Å². The standard InChI is InChI=1S/C15H21NO3/c1-15(19-10-14(17)18)11-16(12-15)9-5-8-13-6-3-2-4-7-13/h2-4,6-7H,5,8-12H2,1H3,(H,17,18). The summed E-state index contributed by atoms with van der Waals surface area (Å²) in [6.07, 6.45) is 2.21. The Morgan fingerprint density at radius 2 is 2.05 bits per heavy atom. The second-order valence-corrected chi connectivity index (χ2v) is 5.43. The van der Waals surface area contributed by atoms with Gasteiger partial charge in [0.1, 0.15) is 6.61 Å². The van der Waals surface area contributed by atoms with E-state index in [4.69, 9.17) is 9.84 Å². The number of carbonyl (C=O) groups is 1. The molecule has 104 valence electrons. The average molecular weight is 263 g/mol. The zero-order valence-electron chi connectivity index (χ0n) is 11.3. The molecule has 1 aliphatic rings. The number of likely N-dealkylation sites (tertiary alicyclic amines) is 1. The van der Waals surface area contributed by atoms with Crippen LogP contribution in [0.1, 0.15) is 18.9 Å². The van der Waals surface area contributed by atoms with Gasteiger partial charge in [0.25, 0.3) is 0 Å². The van der Waals surface area contributed by atoms with Crippen molar-refractivity contribution in [3.05, 3.63) is 35.9 Å². The van der Waals surface area contributed by atoms with E-state index in [0.29, 0.717) is 0 Å². The molecule has 1 N–H and O–H groups in total. The highest BCUT2D eigenvalue weighted by atomic mass is 16.5. The Hall–Kier alpha value is -1.39. The van der Waals surface area contributed by atoms with E-state index < -0.39 is 5.97 Å². The van der Waals surface area contributed by atoms with Crippen molar-refractivity contribution in [3.63, 3.8) is 0 Å². The quantitative estimate of drug-likeness (QED) is 0.815. The molecule has 1 aliphatic heterocycles. The van der Waals surface area contributed by atoms with Crippen molar-refractivity contribution < 1.29 is 14.6 Å². The first-order chi connectivity index (χ1) is 9.07. The molecule has 1 aromatic carbocycles. The van der Waals surface area contributed by atoms with E-state index in [2.05, 4.69) is 29.2 Å². The molecule has 1 saturated heterocycles. The summed E-state index contributed by atoms with van der Waals surface area (Å²) in [6.45, 7) is 4.48. The number of aliphatic carboxylic acids is 1. The Balaban J connectivity index is 1.61. The smallest absolute Gasteiger partial charge is 0.329 e. The number of nitrogens with zero attached hydrogens (tertiary/aromatic N) is 1. The fraction of sp³-hybridized carbons (Fsp3) is 0.533. The van der Waals surface area contributed by atoms with Crippen molar-refractivity contribution in [2.75, 3.05) is 26.2 Å². The predicted octanol–water partition coefficient (Wildman–Crippen LogP) is 1.79. The zero-order chi connectivity index (χ0) is 13.7. The second kappa shape index (κ2) is 6.17. The first-order valence-corrected chi connectivity index (χ1v) is 6.69. The lowest BCUT2D eigenvalue weighted by Crippen LogP contribution is -2.61. The molecule has 1 fully saturated rings. The molecule has 0 radical (unpaired) electrons. The van der Waals surface area contributed by atoms with Crippen LogP contribution < -0.4 is 0 Å². The third kappa shape index (κ3) is 4.33. The maximum Gasteiger partial charge on any atom is 0.329 e. The number of benzene rings is 1. The molecule has 1 aromatic rings. The lowest BCUT2D eigenvalue weighted by Gasteiger charge is -2.47. The maximum atomic E-state index is 10.5. The van der Waals surface area contributed by atoms with Crippen molar-refractivity contribution in [2.24, 2.45) is 0 Å². The third-order valence-corrected chi connectivity index (χ3v) is 3.44. The minimum absolute atomic E-state index is 0.200. The molecular formula is C15H21NO3. The van der Waals surface area contributed by atoms with Gasteiger partial charge in [-0.05, 0) is 31.9 Å². The van der Waals surface area contributed by atoms with Crippen LogP contribution in [0.15, 0.2) is 30.3 Å². The molecular weight excluding hydrogens is 242 g/mol. The zero-order valence-corrected chi connectivity index (χ0v) is 11.3. The summed E-state index contributed by atoms with van der Waals surface area (Å²) in [6, 6.07) is 10.5. The monoisotopic (exact) mass is 263 g/mol. The topological polar surface area (TPSA) is 49.8 Å². The van der Waals surface area contributed by atoms with E-state index in [-0.39, 0.29) is 12.2 Å². The Labute approximate surface area is 114 Å². The fourth-order valence-electron chi connectivity index (χ4n) is 2.54. The summed E-state index contributed by atoms with van der Waals surface area (Å²) >= 11 is 0. The first-order valence-electron chi connectivity index (χ1n) is 6.69. The molecule has 0 bridgehead atoms. The van der Waals surface area contributed by atoms with Crippen molar-refractivity contribution in [2.45, 2.75) is 25.4 Å². The number of aryl methyl sites for hydroxylation is 1. The van der Waals surface area contributed by atoms with E-state index >= 15 is 0 Å². The fourth-order valence-corrected chi connectivity index (χ4v) is 2.54. The Kier molecular flexibility index (Phi) is 4.56. The van der Waals surface area contributed by atoms with Crippen molar-refractivity contribution >= 4 is 5.97 Å². The van der Waals surface area contributed by atoms with Crippen LogP contribution >= 0.6 is 0 Å². The summed E-state index contributed by atoms with van der Waals surface area (Å²) in [5.41, 5.74) is 1.10. The van der Waals surface area contributed by atoms with Crippen molar-refractivity contribution in [1.82, 2.24) is 4.90 Å². The van der Waals surface area contributed by atoms with Gasteiger partial charge < -0.3 is 9.84 Å². The number of rotatable bonds is 7. The molecule has 19 heavy (non-hydrogen) atoms. The summed E-state index contributed by atoms with van der Waals surface area (Å²) in [4.78, 5) is 12.8. The van der Waals surface area contributed by atoms with Crippen LogP contribution in [0, 0.1) is 0 Å². The van der Waals surface area contributed by atoms with Gasteiger partial charge in [0.05, 0.1) is 5.60 Å². The van der Waals surface area contributed by atoms with E-state index in [1.54, 1.807) is 0 Å². The second-order valence-electron chi connectivity index (χ2n) is 5.43. The predicted molar refractivity (Wildman–Crippen MR) is 73.2 cm³/mol. The van der Waals surface area contributed by atoms with Gasteiger partial charge in [-0.15, -0.1) is 0 Å². The van der Waals surface area contributed by atoms with Crippen LogP contribution in [0.3, 0.4) is 0 Å². The summed E-state index contributed by atoms with van der Waals surface area (Å²) in [7, 11) is 0. The number of ether oxygens (including phenoxy) is 1. The number of carboxylic acids is 1. The average Bonchev–Trinajstić information content (AvgIpc) is 2.35. The molecule has 0 amide bonds. The van der Waals surface area contributed by atoms with E-state index in [0.717, 1.165) is 32.5 Å². The maximum absolute atomic E-state index is 10.5. The molecule has 4 heteroatoms. The molecule has 0 spiro atoms. The molecule has 0 atom stereocenters. The van der Waals surface area contributed by atoms with Crippen LogP contribution in [0.25, 0.3) is 0 Å². The van der Waals surface area contributed by atoms with Crippen LogP contribution in [-0.4, -0.2) is 47.8 Å². The van der Waals surface area contributed by atoms with Crippen LogP contribution in [0.5, 0.6) is 0 Å². The van der Waals surface area contributed by atoms with E-state index in [9.17, 15) is 4.79 Å². The van der Waals surface area contributed by atoms with Crippen molar-refractivity contribution in [3.8, 4) is 0 Å². The van der Waals surface area contributed by atoms with Crippen LogP contribution in [0.2, 0.25) is 0 Å². The summed E-state index contributed by atoms with van der Waals surface area (Å²) in [5, 5.41) is 8.59. The molecule has 0 aliphatic carbocycles. The van der Waals surface area contributed by atoms with Crippen LogP contribution in [-0.2, 0) is 16.0 Å². The first kappa shape index (κ1) is 14.0. The molecule has 0 aromatic heterocycles. The number of hydrogen-bond acceptors (Lipinski definition) is 3. The summed E-state index contributed by atoms with van der Waals surface area (Å²) in [5.74, 6) is -0.899. The highest BCUT2D eigenvalue weighted by Crippen LogP contribution is 2.24. The van der Waals surface area contributed by atoms with Gasteiger partial charge in [-0.3, -0.25) is 4.90 Å². The third-order valence-electron chi connectivity index (χ3n) is 3.44. The number of hydrogen-bond donors (Lipinski definition) is 1. The molecule has 1 heterocycles.